The van der Waals surface area contributed by atoms with Crippen molar-refractivity contribution in [1.82, 2.24) is 29.5 Å². The zero-order chi connectivity index (χ0) is 26.8. The van der Waals surface area contributed by atoms with Crippen LogP contribution in [0.2, 0.25) is 0 Å². The molecule has 0 N–H and O–H groups in total. The minimum Gasteiger partial charge on any atom is -0.497 e. The summed E-state index contributed by atoms with van der Waals surface area (Å²) in [6, 6.07) is 9.46. The molecule has 2 aliphatic heterocycles. The van der Waals surface area contributed by atoms with Gasteiger partial charge in [0.1, 0.15) is 34.7 Å². The summed E-state index contributed by atoms with van der Waals surface area (Å²) in [5.74, 6) is 4.01. The van der Waals surface area contributed by atoms with Gasteiger partial charge in [0, 0.05) is 71.0 Å². The first kappa shape index (κ1) is 25.8. The van der Waals surface area contributed by atoms with Crippen molar-refractivity contribution in [2.24, 2.45) is 7.05 Å². The molecule has 0 aliphatic carbocycles. The highest BCUT2D eigenvalue weighted by molar-refractivity contribution is 5.94. The minimum absolute atomic E-state index is 0.0373. The van der Waals surface area contributed by atoms with E-state index in [1.807, 2.05) is 36.1 Å². The number of hydrogen-bond donors (Lipinski definition) is 0. The first-order chi connectivity index (χ1) is 18.4. The summed E-state index contributed by atoms with van der Waals surface area (Å²) in [4.78, 5) is 31.7. The number of nitrogens with zero attached hydrogens (tertiary/aromatic N) is 8. The van der Waals surface area contributed by atoms with Gasteiger partial charge in [-0.25, -0.2) is 9.97 Å². The van der Waals surface area contributed by atoms with E-state index in [2.05, 4.69) is 32.9 Å². The molecule has 0 saturated carbocycles. The standard InChI is InChI=1S/C27H36N8O3/c1-19-28-25(33-10-8-31(2)9-11-33)18-26(29-19)34-12-14-35(15-13-34)27(36)23-17-22(30-32(23)3)21-16-20(37-4)6-7-24(21)38-5/h6-7,16-18H,8-15H2,1-5H3. The van der Waals surface area contributed by atoms with Gasteiger partial charge in [0.05, 0.1) is 19.9 Å². The molecule has 202 valence electrons. The van der Waals surface area contributed by atoms with Crippen molar-refractivity contribution in [3.8, 4) is 22.8 Å². The van der Waals surface area contributed by atoms with E-state index in [1.165, 1.54) is 0 Å². The summed E-state index contributed by atoms with van der Waals surface area (Å²) in [5.41, 5.74) is 1.98. The molecule has 38 heavy (non-hydrogen) atoms. The lowest BCUT2D eigenvalue weighted by Gasteiger charge is -2.36. The summed E-state index contributed by atoms with van der Waals surface area (Å²) >= 11 is 0. The summed E-state index contributed by atoms with van der Waals surface area (Å²) in [5, 5.41) is 4.61. The Bertz CT molecular complexity index is 1290. The maximum absolute atomic E-state index is 13.5. The number of carbonyl (C=O) groups excluding carboxylic acids is 1. The number of carbonyl (C=O) groups is 1. The maximum Gasteiger partial charge on any atom is 0.272 e. The van der Waals surface area contributed by atoms with E-state index in [-0.39, 0.29) is 5.91 Å². The fourth-order valence-corrected chi connectivity index (χ4v) is 5.01. The average Bonchev–Trinajstić information content (AvgIpc) is 3.33. The Morgan fingerprint density at radius 1 is 0.816 bits per heavy atom. The second kappa shape index (κ2) is 10.9. The van der Waals surface area contributed by atoms with E-state index in [4.69, 9.17) is 19.4 Å². The van der Waals surface area contributed by atoms with Crippen molar-refractivity contribution in [2.45, 2.75) is 6.92 Å². The fourth-order valence-electron chi connectivity index (χ4n) is 5.01. The van der Waals surface area contributed by atoms with Gasteiger partial charge in [-0.15, -0.1) is 0 Å². The Morgan fingerprint density at radius 3 is 2.05 bits per heavy atom. The van der Waals surface area contributed by atoms with E-state index in [9.17, 15) is 4.79 Å². The number of aromatic nitrogens is 4. The molecule has 0 bridgehead atoms. The van der Waals surface area contributed by atoms with Gasteiger partial charge in [-0.2, -0.15) is 5.10 Å². The van der Waals surface area contributed by atoms with E-state index < -0.39 is 0 Å². The van der Waals surface area contributed by atoms with Crippen molar-refractivity contribution in [2.75, 3.05) is 83.4 Å². The van der Waals surface area contributed by atoms with Crippen LogP contribution in [0, 0.1) is 6.92 Å². The van der Waals surface area contributed by atoms with Gasteiger partial charge >= 0.3 is 0 Å². The molecule has 4 heterocycles. The van der Waals surface area contributed by atoms with Crippen LogP contribution in [0.5, 0.6) is 11.5 Å². The van der Waals surface area contributed by atoms with Crippen LogP contribution in [0.1, 0.15) is 16.3 Å². The second-order valence-electron chi connectivity index (χ2n) is 9.81. The SMILES string of the molecule is COc1ccc(OC)c(-c2cc(C(=O)N3CCN(c4cc(N5CCN(C)CC5)nc(C)n4)CC3)n(C)n2)c1. The highest BCUT2D eigenvalue weighted by atomic mass is 16.5. The quantitative estimate of drug-likeness (QED) is 0.483. The second-order valence-corrected chi connectivity index (χ2v) is 9.81. The molecule has 2 fully saturated rings. The van der Waals surface area contributed by atoms with E-state index in [0.29, 0.717) is 49.1 Å². The molecule has 0 unspecified atom stereocenters. The number of ether oxygens (including phenoxy) is 2. The van der Waals surface area contributed by atoms with Crippen molar-refractivity contribution in [1.29, 1.82) is 0 Å². The van der Waals surface area contributed by atoms with Crippen molar-refractivity contribution in [3.05, 3.63) is 41.9 Å². The summed E-state index contributed by atoms with van der Waals surface area (Å²) in [6.07, 6.45) is 0. The lowest BCUT2D eigenvalue weighted by Crippen LogP contribution is -2.49. The molecular formula is C27H36N8O3. The summed E-state index contributed by atoms with van der Waals surface area (Å²) in [7, 11) is 7.18. The zero-order valence-electron chi connectivity index (χ0n) is 22.8. The van der Waals surface area contributed by atoms with Gasteiger partial charge in [0.15, 0.2) is 0 Å². The molecule has 11 nitrogen and oxygen atoms in total. The summed E-state index contributed by atoms with van der Waals surface area (Å²) < 4.78 is 12.5. The van der Waals surface area contributed by atoms with Crippen LogP contribution in [-0.4, -0.2) is 109 Å². The maximum atomic E-state index is 13.5. The Labute approximate surface area is 223 Å². The lowest BCUT2D eigenvalue weighted by molar-refractivity contribution is 0.0735. The third-order valence-electron chi connectivity index (χ3n) is 7.31. The number of piperazine rings is 2. The van der Waals surface area contributed by atoms with Gasteiger partial charge in [-0.05, 0) is 38.2 Å². The highest BCUT2D eigenvalue weighted by Gasteiger charge is 2.27. The van der Waals surface area contributed by atoms with Crippen LogP contribution in [0.15, 0.2) is 30.3 Å². The number of hydrogen-bond acceptors (Lipinski definition) is 9. The zero-order valence-corrected chi connectivity index (χ0v) is 22.8. The van der Waals surface area contributed by atoms with Gasteiger partial charge in [-0.1, -0.05) is 0 Å². The Morgan fingerprint density at radius 2 is 1.45 bits per heavy atom. The average molecular weight is 521 g/mol. The van der Waals surface area contributed by atoms with E-state index in [0.717, 1.165) is 49.2 Å². The van der Waals surface area contributed by atoms with Gasteiger partial charge < -0.3 is 29.1 Å². The number of benzene rings is 1. The largest absolute Gasteiger partial charge is 0.497 e. The predicted molar refractivity (Wildman–Crippen MR) is 146 cm³/mol. The number of anilines is 2. The first-order valence-electron chi connectivity index (χ1n) is 13.0. The third-order valence-corrected chi connectivity index (χ3v) is 7.31. The number of amides is 1. The smallest absolute Gasteiger partial charge is 0.272 e. The molecule has 2 aromatic heterocycles. The van der Waals surface area contributed by atoms with Crippen molar-refractivity contribution in [3.63, 3.8) is 0 Å². The molecule has 1 aromatic carbocycles. The molecule has 2 saturated heterocycles. The topological polar surface area (TPSA) is 92.1 Å². The van der Waals surface area contributed by atoms with Crippen molar-refractivity contribution >= 4 is 17.5 Å². The van der Waals surface area contributed by atoms with Crippen molar-refractivity contribution < 1.29 is 14.3 Å². The van der Waals surface area contributed by atoms with E-state index in [1.54, 1.807) is 25.9 Å². The highest BCUT2D eigenvalue weighted by Crippen LogP contribution is 2.33. The number of aryl methyl sites for hydroxylation is 2. The lowest BCUT2D eigenvalue weighted by atomic mass is 10.1. The van der Waals surface area contributed by atoms with Gasteiger partial charge in [0.25, 0.3) is 5.91 Å². The number of likely N-dealkylation sites (N-methyl/N-ethyl adjacent to an activating group) is 1. The Kier molecular flexibility index (Phi) is 7.37. The van der Waals surface area contributed by atoms with Crippen LogP contribution in [-0.2, 0) is 7.05 Å². The summed E-state index contributed by atoms with van der Waals surface area (Å²) in [6.45, 7) is 8.55. The van der Waals surface area contributed by atoms with Crippen LogP contribution in [0.25, 0.3) is 11.3 Å². The van der Waals surface area contributed by atoms with Crippen LogP contribution < -0.4 is 19.3 Å². The van der Waals surface area contributed by atoms with Gasteiger partial charge in [0.2, 0.25) is 0 Å². The molecule has 2 aliphatic rings. The van der Waals surface area contributed by atoms with E-state index >= 15 is 0 Å². The molecule has 3 aromatic rings. The molecule has 0 atom stereocenters. The normalized spacial score (nSPS) is 16.6. The predicted octanol–water partition coefficient (Wildman–Crippen LogP) is 1.92. The Hall–Kier alpha value is -3.86. The Balaban J connectivity index is 1.28. The minimum atomic E-state index is -0.0373. The molecule has 5 rings (SSSR count). The first-order valence-corrected chi connectivity index (χ1v) is 13.0. The molecule has 0 radical (unpaired) electrons. The molecule has 11 heteroatoms. The van der Waals surface area contributed by atoms with Crippen LogP contribution >= 0.6 is 0 Å². The number of methoxy groups -OCH3 is 2. The van der Waals surface area contributed by atoms with Crippen LogP contribution in [0.4, 0.5) is 11.6 Å². The monoisotopic (exact) mass is 520 g/mol. The molecular weight excluding hydrogens is 484 g/mol. The number of rotatable bonds is 6. The fraction of sp³-hybridized carbons (Fsp3) is 0.481. The molecule has 0 spiro atoms. The van der Waals surface area contributed by atoms with Gasteiger partial charge in [-0.3, -0.25) is 9.48 Å². The third kappa shape index (κ3) is 5.24. The molecule has 1 amide bonds. The van der Waals surface area contributed by atoms with Crippen LogP contribution in [0.3, 0.4) is 0 Å².